The molecule has 1 fully saturated rings. The van der Waals surface area contributed by atoms with Crippen LogP contribution in [0, 0.1) is 5.92 Å². The van der Waals surface area contributed by atoms with Gasteiger partial charge in [-0.1, -0.05) is 12.1 Å². The van der Waals surface area contributed by atoms with Crippen molar-refractivity contribution in [3.8, 4) is 0 Å². The molecule has 1 aliphatic rings. The minimum atomic E-state index is -0.404. The van der Waals surface area contributed by atoms with Crippen LogP contribution in [0.3, 0.4) is 0 Å². The van der Waals surface area contributed by atoms with Crippen molar-refractivity contribution in [3.05, 3.63) is 17.5 Å². The van der Waals surface area contributed by atoms with Crippen molar-refractivity contribution in [3.63, 3.8) is 0 Å². The Balaban J connectivity index is 1.85. The molecule has 1 aromatic rings. The molecule has 0 bridgehead atoms. The summed E-state index contributed by atoms with van der Waals surface area (Å²) >= 11 is 0. The largest absolute Gasteiger partial charge is 0.461 e. The highest BCUT2D eigenvalue weighted by atomic mass is 16.5. The fourth-order valence-corrected chi connectivity index (χ4v) is 2.50. The molecular formula is C14H22N2O3. The number of likely N-dealkylation sites (tertiary alicyclic amines) is 1. The lowest BCUT2D eigenvalue weighted by atomic mass is 9.92. The van der Waals surface area contributed by atoms with E-state index in [0.717, 1.165) is 31.8 Å². The maximum atomic E-state index is 11.5. The predicted molar refractivity (Wildman–Crippen MR) is 71.0 cm³/mol. The molecule has 106 valence electrons. The molecule has 0 aliphatic carbocycles. The third-order valence-electron chi connectivity index (χ3n) is 3.69. The van der Waals surface area contributed by atoms with Gasteiger partial charge in [-0.2, -0.15) is 0 Å². The average molecular weight is 266 g/mol. The standard InChI is InChI=1S/C14H22N2O3/c1-3-16-7-5-11(6-8-16)9-12-10-13(15-19-12)14(17)18-4-2/h10-11H,3-9H2,1-2H3. The SMILES string of the molecule is CCOC(=O)c1cc(CC2CCN(CC)CC2)on1. The van der Waals surface area contributed by atoms with Gasteiger partial charge in [-0.25, -0.2) is 4.79 Å². The maximum Gasteiger partial charge on any atom is 0.360 e. The van der Waals surface area contributed by atoms with Crippen LogP contribution < -0.4 is 0 Å². The fourth-order valence-electron chi connectivity index (χ4n) is 2.50. The molecule has 5 heteroatoms. The van der Waals surface area contributed by atoms with E-state index in [1.165, 1.54) is 12.8 Å². The molecule has 19 heavy (non-hydrogen) atoms. The number of aromatic nitrogens is 1. The third-order valence-corrected chi connectivity index (χ3v) is 3.69. The van der Waals surface area contributed by atoms with E-state index in [4.69, 9.17) is 9.26 Å². The summed E-state index contributed by atoms with van der Waals surface area (Å²) in [6, 6.07) is 1.71. The van der Waals surface area contributed by atoms with Crippen LogP contribution in [0.25, 0.3) is 0 Å². The molecule has 0 N–H and O–H groups in total. The van der Waals surface area contributed by atoms with Gasteiger partial charge in [-0.3, -0.25) is 0 Å². The van der Waals surface area contributed by atoms with Crippen LogP contribution in [0.2, 0.25) is 0 Å². The van der Waals surface area contributed by atoms with E-state index in [1.54, 1.807) is 13.0 Å². The molecule has 0 radical (unpaired) electrons. The summed E-state index contributed by atoms with van der Waals surface area (Å²) in [5.41, 5.74) is 0.280. The Morgan fingerprint density at radius 3 is 2.84 bits per heavy atom. The van der Waals surface area contributed by atoms with Crippen molar-refractivity contribution in [1.82, 2.24) is 10.1 Å². The molecular weight excluding hydrogens is 244 g/mol. The molecule has 0 amide bonds. The van der Waals surface area contributed by atoms with Crippen LogP contribution >= 0.6 is 0 Å². The first-order chi connectivity index (χ1) is 9.22. The number of carbonyl (C=O) groups is 1. The molecule has 1 aliphatic heterocycles. The summed E-state index contributed by atoms with van der Waals surface area (Å²) in [6.45, 7) is 7.77. The summed E-state index contributed by atoms with van der Waals surface area (Å²) in [4.78, 5) is 13.9. The van der Waals surface area contributed by atoms with Crippen LogP contribution in [0.15, 0.2) is 10.6 Å². The van der Waals surface area contributed by atoms with Crippen molar-refractivity contribution in [2.24, 2.45) is 5.92 Å². The Labute approximate surface area is 113 Å². The van der Waals surface area contributed by atoms with Gasteiger partial charge in [0.1, 0.15) is 5.76 Å². The molecule has 1 saturated heterocycles. The second-order valence-corrected chi connectivity index (χ2v) is 4.98. The van der Waals surface area contributed by atoms with E-state index in [2.05, 4.69) is 17.0 Å². The van der Waals surface area contributed by atoms with Crippen molar-refractivity contribution >= 4 is 5.97 Å². The van der Waals surface area contributed by atoms with Gasteiger partial charge in [0.25, 0.3) is 0 Å². The minimum absolute atomic E-state index is 0.280. The monoisotopic (exact) mass is 266 g/mol. The second-order valence-electron chi connectivity index (χ2n) is 4.98. The van der Waals surface area contributed by atoms with Crippen LogP contribution in [0.1, 0.15) is 42.9 Å². The second kappa shape index (κ2) is 6.70. The normalized spacial score (nSPS) is 17.6. The highest BCUT2D eigenvalue weighted by Crippen LogP contribution is 2.22. The Morgan fingerprint density at radius 2 is 2.21 bits per heavy atom. The first kappa shape index (κ1) is 14.1. The lowest BCUT2D eigenvalue weighted by molar-refractivity contribution is 0.0514. The quantitative estimate of drug-likeness (QED) is 0.764. The summed E-state index contributed by atoms with van der Waals surface area (Å²) in [5, 5.41) is 3.77. The first-order valence-electron chi connectivity index (χ1n) is 7.08. The molecule has 0 atom stereocenters. The topological polar surface area (TPSA) is 55.6 Å². The van der Waals surface area contributed by atoms with E-state index < -0.39 is 5.97 Å². The van der Waals surface area contributed by atoms with Crippen LogP contribution in [0.4, 0.5) is 0 Å². The number of piperidine rings is 1. The molecule has 2 rings (SSSR count). The van der Waals surface area contributed by atoms with E-state index in [0.29, 0.717) is 12.5 Å². The van der Waals surface area contributed by atoms with E-state index in [9.17, 15) is 4.79 Å². The maximum absolute atomic E-state index is 11.5. The van der Waals surface area contributed by atoms with Gasteiger partial charge in [0.2, 0.25) is 0 Å². The summed E-state index contributed by atoms with van der Waals surface area (Å²) in [7, 11) is 0. The van der Waals surface area contributed by atoms with E-state index in [1.807, 2.05) is 0 Å². The Morgan fingerprint density at radius 1 is 1.47 bits per heavy atom. The van der Waals surface area contributed by atoms with Gasteiger partial charge in [0.15, 0.2) is 5.69 Å². The highest BCUT2D eigenvalue weighted by molar-refractivity contribution is 5.87. The van der Waals surface area contributed by atoms with Crippen molar-refractivity contribution < 1.29 is 14.1 Å². The number of carbonyl (C=O) groups excluding carboxylic acids is 1. The lowest BCUT2D eigenvalue weighted by Gasteiger charge is -2.30. The molecule has 5 nitrogen and oxygen atoms in total. The van der Waals surface area contributed by atoms with E-state index >= 15 is 0 Å². The number of hydrogen-bond donors (Lipinski definition) is 0. The van der Waals surface area contributed by atoms with Crippen molar-refractivity contribution in [2.45, 2.75) is 33.1 Å². The zero-order chi connectivity index (χ0) is 13.7. The average Bonchev–Trinajstić information content (AvgIpc) is 2.88. The van der Waals surface area contributed by atoms with Crippen LogP contribution in [-0.4, -0.2) is 42.3 Å². The molecule has 0 unspecified atom stereocenters. The van der Waals surface area contributed by atoms with Crippen LogP contribution in [0.5, 0.6) is 0 Å². The zero-order valence-corrected chi connectivity index (χ0v) is 11.7. The van der Waals surface area contributed by atoms with Crippen LogP contribution in [-0.2, 0) is 11.2 Å². The summed E-state index contributed by atoms with van der Waals surface area (Å²) in [5.74, 6) is 1.02. The lowest BCUT2D eigenvalue weighted by Crippen LogP contribution is -2.33. The van der Waals surface area contributed by atoms with Gasteiger partial charge in [0, 0.05) is 12.5 Å². The Hall–Kier alpha value is -1.36. The molecule has 0 aromatic carbocycles. The van der Waals surface area contributed by atoms with Gasteiger partial charge in [-0.15, -0.1) is 0 Å². The third kappa shape index (κ3) is 3.80. The van der Waals surface area contributed by atoms with Gasteiger partial charge < -0.3 is 14.2 Å². The van der Waals surface area contributed by atoms with Crippen molar-refractivity contribution in [2.75, 3.05) is 26.2 Å². The number of rotatable bonds is 5. The summed E-state index contributed by atoms with van der Waals surface area (Å²) in [6.07, 6.45) is 3.23. The Kier molecular flexibility index (Phi) is 4.96. The number of nitrogens with zero attached hydrogens (tertiary/aromatic N) is 2. The molecule has 1 aromatic heterocycles. The smallest absolute Gasteiger partial charge is 0.360 e. The number of ether oxygens (including phenoxy) is 1. The van der Waals surface area contributed by atoms with Gasteiger partial charge in [0.05, 0.1) is 6.61 Å². The van der Waals surface area contributed by atoms with Gasteiger partial charge >= 0.3 is 5.97 Å². The minimum Gasteiger partial charge on any atom is -0.461 e. The van der Waals surface area contributed by atoms with E-state index in [-0.39, 0.29) is 5.69 Å². The number of esters is 1. The van der Waals surface area contributed by atoms with Gasteiger partial charge in [-0.05, 0) is 45.3 Å². The molecule has 0 spiro atoms. The fraction of sp³-hybridized carbons (Fsp3) is 0.714. The predicted octanol–water partition coefficient (Wildman–Crippen LogP) is 2.13. The first-order valence-corrected chi connectivity index (χ1v) is 7.08. The molecule has 0 saturated carbocycles. The zero-order valence-electron chi connectivity index (χ0n) is 11.7. The number of hydrogen-bond acceptors (Lipinski definition) is 5. The summed E-state index contributed by atoms with van der Waals surface area (Å²) < 4.78 is 10.1. The van der Waals surface area contributed by atoms with Crippen molar-refractivity contribution in [1.29, 1.82) is 0 Å². The molecule has 2 heterocycles. The highest BCUT2D eigenvalue weighted by Gasteiger charge is 2.21. The Bertz CT molecular complexity index is 409.